The zero-order valence-electron chi connectivity index (χ0n) is 9.74. The number of amides is 2. The molecule has 0 bridgehead atoms. The lowest BCUT2D eigenvalue weighted by atomic mass is 10.1. The largest absolute Gasteiger partial charge is 0.392 e. The number of nitrogens with zero attached hydrogens (tertiary/aromatic N) is 1. The van der Waals surface area contributed by atoms with Crippen LogP contribution in [-0.2, 0) is 0 Å². The van der Waals surface area contributed by atoms with Crippen LogP contribution in [0.1, 0.15) is 27.7 Å². The van der Waals surface area contributed by atoms with Crippen molar-refractivity contribution in [2.75, 3.05) is 13.6 Å². The highest BCUT2D eigenvalue weighted by molar-refractivity contribution is 5.74. The quantitative estimate of drug-likeness (QED) is 0.716. The van der Waals surface area contributed by atoms with E-state index in [1.165, 1.54) is 4.90 Å². The molecule has 0 rings (SSSR count). The lowest BCUT2D eigenvalue weighted by Crippen LogP contribution is -2.45. The van der Waals surface area contributed by atoms with Crippen LogP contribution in [0.3, 0.4) is 0 Å². The molecule has 84 valence electrons. The minimum absolute atomic E-state index is 0.132. The molecular formula is C10H22N2O2. The van der Waals surface area contributed by atoms with Gasteiger partial charge in [-0.1, -0.05) is 13.8 Å². The van der Waals surface area contributed by atoms with Gasteiger partial charge in [0, 0.05) is 19.6 Å². The summed E-state index contributed by atoms with van der Waals surface area (Å²) in [7, 11) is 1.68. The van der Waals surface area contributed by atoms with Crippen molar-refractivity contribution in [3.63, 3.8) is 0 Å². The van der Waals surface area contributed by atoms with Gasteiger partial charge in [-0.15, -0.1) is 0 Å². The third kappa shape index (κ3) is 5.07. The first-order chi connectivity index (χ1) is 6.34. The zero-order chi connectivity index (χ0) is 11.3. The van der Waals surface area contributed by atoms with Gasteiger partial charge in [0.15, 0.2) is 0 Å². The molecule has 0 fully saturated rings. The van der Waals surface area contributed by atoms with E-state index >= 15 is 0 Å². The molecule has 0 aromatic heterocycles. The third-order valence-corrected chi connectivity index (χ3v) is 2.24. The smallest absolute Gasteiger partial charge is 0.317 e. The van der Waals surface area contributed by atoms with Crippen molar-refractivity contribution in [1.82, 2.24) is 10.2 Å². The molecule has 0 heterocycles. The Morgan fingerprint density at radius 1 is 1.36 bits per heavy atom. The summed E-state index contributed by atoms with van der Waals surface area (Å²) in [5, 5.41) is 12.0. The van der Waals surface area contributed by atoms with Gasteiger partial charge in [-0.25, -0.2) is 4.79 Å². The fraction of sp³-hybridized carbons (Fsp3) is 0.900. The Morgan fingerprint density at radius 3 is 2.21 bits per heavy atom. The number of urea groups is 1. The van der Waals surface area contributed by atoms with E-state index in [0.717, 1.165) is 0 Å². The zero-order valence-corrected chi connectivity index (χ0v) is 9.74. The minimum Gasteiger partial charge on any atom is -0.392 e. The second-order valence-corrected chi connectivity index (χ2v) is 4.21. The van der Waals surface area contributed by atoms with E-state index in [9.17, 15) is 4.79 Å². The molecule has 0 radical (unpaired) electrons. The maximum atomic E-state index is 11.5. The van der Waals surface area contributed by atoms with Crippen LogP contribution in [-0.4, -0.2) is 41.8 Å². The standard InChI is InChI=1S/C10H22N2O2/c1-7(2)9(4)11-10(14)12(5)6-8(3)13/h7-9,13H,6H2,1-5H3,(H,11,14). The second-order valence-electron chi connectivity index (χ2n) is 4.21. The van der Waals surface area contributed by atoms with Gasteiger partial charge >= 0.3 is 6.03 Å². The van der Waals surface area contributed by atoms with Gasteiger partial charge in [-0.05, 0) is 19.8 Å². The molecule has 0 saturated heterocycles. The highest BCUT2D eigenvalue weighted by Crippen LogP contribution is 2.00. The summed E-state index contributed by atoms with van der Waals surface area (Å²) in [4.78, 5) is 13.0. The Bertz CT molecular complexity index is 181. The number of carbonyl (C=O) groups excluding carboxylic acids is 1. The molecule has 0 spiro atoms. The molecule has 0 aromatic carbocycles. The molecule has 0 aliphatic rings. The van der Waals surface area contributed by atoms with Gasteiger partial charge in [0.05, 0.1) is 6.10 Å². The Kier molecular flexibility index (Phi) is 5.53. The molecule has 2 unspecified atom stereocenters. The molecule has 2 atom stereocenters. The molecule has 4 heteroatoms. The van der Waals surface area contributed by atoms with Crippen LogP contribution in [0.4, 0.5) is 4.79 Å². The number of likely N-dealkylation sites (N-methyl/N-ethyl adjacent to an activating group) is 1. The third-order valence-electron chi connectivity index (χ3n) is 2.24. The fourth-order valence-corrected chi connectivity index (χ4v) is 0.951. The minimum atomic E-state index is -0.486. The number of nitrogens with one attached hydrogen (secondary N) is 1. The number of aliphatic hydroxyl groups excluding tert-OH is 1. The van der Waals surface area contributed by atoms with Gasteiger partial charge in [0.2, 0.25) is 0 Å². The van der Waals surface area contributed by atoms with E-state index in [-0.39, 0.29) is 12.1 Å². The van der Waals surface area contributed by atoms with Crippen molar-refractivity contribution in [1.29, 1.82) is 0 Å². The normalized spacial score (nSPS) is 15.1. The maximum absolute atomic E-state index is 11.5. The summed E-state index contributed by atoms with van der Waals surface area (Å²) in [6.07, 6.45) is -0.486. The molecule has 2 N–H and O–H groups in total. The van der Waals surface area contributed by atoms with Gasteiger partial charge in [-0.3, -0.25) is 0 Å². The molecule has 0 aliphatic heterocycles. The summed E-state index contributed by atoms with van der Waals surface area (Å²) in [6, 6.07) is 0.0195. The Labute approximate surface area is 86.3 Å². The number of aliphatic hydroxyl groups is 1. The first-order valence-corrected chi connectivity index (χ1v) is 5.04. The Balaban J connectivity index is 3.95. The monoisotopic (exact) mass is 202 g/mol. The van der Waals surface area contributed by atoms with Crippen molar-refractivity contribution in [3.05, 3.63) is 0 Å². The topological polar surface area (TPSA) is 52.6 Å². The van der Waals surface area contributed by atoms with Crippen molar-refractivity contribution < 1.29 is 9.90 Å². The fourth-order valence-electron chi connectivity index (χ4n) is 0.951. The predicted octanol–water partition coefficient (Wildman–Crippen LogP) is 1.05. The van der Waals surface area contributed by atoms with E-state index in [0.29, 0.717) is 12.5 Å². The molecular weight excluding hydrogens is 180 g/mol. The van der Waals surface area contributed by atoms with Crippen molar-refractivity contribution in [3.8, 4) is 0 Å². The maximum Gasteiger partial charge on any atom is 0.317 e. The molecule has 0 aromatic rings. The summed E-state index contributed by atoms with van der Waals surface area (Å²) in [5.41, 5.74) is 0. The first-order valence-electron chi connectivity index (χ1n) is 5.04. The van der Waals surface area contributed by atoms with E-state index in [2.05, 4.69) is 19.2 Å². The number of hydrogen-bond acceptors (Lipinski definition) is 2. The summed E-state index contributed by atoms with van der Waals surface area (Å²) >= 11 is 0. The van der Waals surface area contributed by atoms with E-state index in [1.54, 1.807) is 14.0 Å². The lowest BCUT2D eigenvalue weighted by Gasteiger charge is -2.24. The molecule has 14 heavy (non-hydrogen) atoms. The van der Waals surface area contributed by atoms with E-state index < -0.39 is 6.10 Å². The molecule has 4 nitrogen and oxygen atoms in total. The molecule has 0 saturated carbocycles. The summed E-state index contributed by atoms with van der Waals surface area (Å²) in [6.45, 7) is 8.10. The van der Waals surface area contributed by atoms with Crippen LogP contribution in [0, 0.1) is 5.92 Å². The summed E-state index contributed by atoms with van der Waals surface area (Å²) < 4.78 is 0. The number of rotatable bonds is 4. The van der Waals surface area contributed by atoms with Gasteiger partial charge in [-0.2, -0.15) is 0 Å². The lowest BCUT2D eigenvalue weighted by molar-refractivity contribution is 0.141. The van der Waals surface area contributed by atoms with Crippen LogP contribution in [0.2, 0.25) is 0 Å². The Morgan fingerprint density at radius 2 is 1.86 bits per heavy atom. The average molecular weight is 202 g/mol. The van der Waals surface area contributed by atoms with E-state index in [1.807, 2.05) is 6.92 Å². The summed E-state index contributed by atoms with van der Waals surface area (Å²) in [5.74, 6) is 0.416. The van der Waals surface area contributed by atoms with Crippen molar-refractivity contribution in [2.45, 2.75) is 39.8 Å². The predicted molar refractivity (Wildman–Crippen MR) is 57.1 cm³/mol. The second kappa shape index (κ2) is 5.86. The van der Waals surface area contributed by atoms with Crippen molar-refractivity contribution in [2.24, 2.45) is 5.92 Å². The molecule has 2 amide bonds. The molecule has 0 aliphatic carbocycles. The van der Waals surface area contributed by atoms with Crippen LogP contribution >= 0.6 is 0 Å². The van der Waals surface area contributed by atoms with Crippen LogP contribution in [0.25, 0.3) is 0 Å². The first kappa shape index (κ1) is 13.2. The van der Waals surface area contributed by atoms with Crippen LogP contribution < -0.4 is 5.32 Å². The van der Waals surface area contributed by atoms with Crippen LogP contribution in [0.15, 0.2) is 0 Å². The van der Waals surface area contributed by atoms with E-state index in [4.69, 9.17) is 5.11 Å². The SMILES string of the molecule is CC(O)CN(C)C(=O)NC(C)C(C)C. The highest BCUT2D eigenvalue weighted by Gasteiger charge is 2.14. The Hall–Kier alpha value is -0.770. The van der Waals surface area contributed by atoms with Crippen LogP contribution in [0.5, 0.6) is 0 Å². The number of carbonyl (C=O) groups is 1. The van der Waals surface area contributed by atoms with Gasteiger partial charge in [0.25, 0.3) is 0 Å². The van der Waals surface area contributed by atoms with Gasteiger partial charge < -0.3 is 15.3 Å². The van der Waals surface area contributed by atoms with Crippen molar-refractivity contribution >= 4 is 6.03 Å². The van der Waals surface area contributed by atoms with Gasteiger partial charge in [0.1, 0.15) is 0 Å². The average Bonchev–Trinajstić information content (AvgIpc) is 2.02. The highest BCUT2D eigenvalue weighted by atomic mass is 16.3. The number of hydrogen-bond donors (Lipinski definition) is 2.